The van der Waals surface area contributed by atoms with Crippen LogP contribution in [0.4, 0.5) is 0 Å². The van der Waals surface area contributed by atoms with Gasteiger partial charge >= 0.3 is 0 Å². The number of hydrogen-bond acceptors (Lipinski definition) is 3. The van der Waals surface area contributed by atoms with E-state index in [4.69, 9.17) is 4.74 Å². The second kappa shape index (κ2) is 6.38. The lowest BCUT2D eigenvalue weighted by Gasteiger charge is -2.23. The maximum atomic E-state index is 12.3. The maximum Gasteiger partial charge on any atom is 0.225 e. The molecule has 0 unspecified atom stereocenters. The number of likely N-dealkylation sites (tertiary alicyclic amines) is 1. The Morgan fingerprint density at radius 2 is 2.05 bits per heavy atom. The smallest absolute Gasteiger partial charge is 0.225 e. The molecule has 22 heavy (non-hydrogen) atoms. The first-order valence-electron chi connectivity index (χ1n) is 7.89. The van der Waals surface area contributed by atoms with Crippen molar-refractivity contribution in [2.45, 2.75) is 37.8 Å². The van der Waals surface area contributed by atoms with E-state index in [9.17, 15) is 9.59 Å². The molecule has 0 bridgehead atoms. The van der Waals surface area contributed by atoms with Crippen molar-refractivity contribution in [1.82, 2.24) is 10.2 Å². The molecule has 5 heteroatoms. The van der Waals surface area contributed by atoms with E-state index in [2.05, 4.69) is 5.32 Å². The van der Waals surface area contributed by atoms with Crippen molar-refractivity contribution in [2.24, 2.45) is 5.92 Å². The van der Waals surface area contributed by atoms with Gasteiger partial charge in [-0.2, -0.15) is 0 Å². The maximum absolute atomic E-state index is 12.3. The minimum absolute atomic E-state index is 0.0150. The van der Waals surface area contributed by atoms with Gasteiger partial charge in [0.25, 0.3) is 0 Å². The molecule has 2 amide bonds. The Labute approximate surface area is 130 Å². The number of benzene rings is 1. The van der Waals surface area contributed by atoms with Crippen LogP contribution in [0, 0.1) is 5.92 Å². The first kappa shape index (κ1) is 14.9. The van der Waals surface area contributed by atoms with Gasteiger partial charge in [0.05, 0.1) is 12.0 Å². The van der Waals surface area contributed by atoms with Crippen molar-refractivity contribution < 1.29 is 14.3 Å². The number of amides is 2. The van der Waals surface area contributed by atoms with Crippen molar-refractivity contribution in [3.8, 4) is 5.75 Å². The van der Waals surface area contributed by atoms with E-state index in [0.717, 1.165) is 25.0 Å². The van der Waals surface area contributed by atoms with Crippen molar-refractivity contribution in [3.05, 3.63) is 30.3 Å². The Hall–Kier alpha value is -2.04. The van der Waals surface area contributed by atoms with E-state index in [-0.39, 0.29) is 29.9 Å². The summed E-state index contributed by atoms with van der Waals surface area (Å²) < 4.78 is 6.00. The molecule has 3 rings (SSSR count). The molecule has 5 nitrogen and oxygen atoms in total. The van der Waals surface area contributed by atoms with Crippen LogP contribution in [0.1, 0.15) is 25.7 Å². The monoisotopic (exact) mass is 302 g/mol. The van der Waals surface area contributed by atoms with E-state index in [1.54, 1.807) is 11.9 Å². The predicted octanol–water partition coefficient (Wildman–Crippen LogP) is 1.58. The fourth-order valence-corrected chi connectivity index (χ4v) is 3.25. The zero-order chi connectivity index (χ0) is 15.5. The highest BCUT2D eigenvalue weighted by Crippen LogP contribution is 2.25. The summed E-state index contributed by atoms with van der Waals surface area (Å²) in [4.78, 5) is 25.5. The summed E-state index contributed by atoms with van der Waals surface area (Å²) in [7, 11) is 1.74. The molecule has 1 heterocycles. The van der Waals surface area contributed by atoms with E-state index >= 15 is 0 Å². The minimum Gasteiger partial charge on any atom is -0.488 e. The molecule has 1 aliphatic heterocycles. The molecule has 0 spiro atoms. The lowest BCUT2D eigenvalue weighted by atomic mass is 10.1. The summed E-state index contributed by atoms with van der Waals surface area (Å²) >= 11 is 0. The van der Waals surface area contributed by atoms with E-state index < -0.39 is 0 Å². The Bertz CT molecular complexity index is 546. The highest BCUT2D eigenvalue weighted by atomic mass is 16.5. The molecule has 2 fully saturated rings. The van der Waals surface area contributed by atoms with Gasteiger partial charge in [-0.05, 0) is 31.4 Å². The Kier molecular flexibility index (Phi) is 4.32. The molecule has 2 aliphatic rings. The Balaban J connectivity index is 1.57. The summed E-state index contributed by atoms with van der Waals surface area (Å²) in [6.07, 6.45) is 3.26. The van der Waals surface area contributed by atoms with Gasteiger partial charge in [0.2, 0.25) is 11.8 Å². The van der Waals surface area contributed by atoms with Crippen LogP contribution < -0.4 is 10.1 Å². The third-order valence-corrected chi connectivity index (χ3v) is 4.52. The average Bonchev–Trinajstić information content (AvgIpc) is 3.08. The van der Waals surface area contributed by atoms with E-state index in [1.165, 1.54) is 0 Å². The molecule has 1 aromatic rings. The van der Waals surface area contributed by atoms with Crippen molar-refractivity contribution in [1.29, 1.82) is 0 Å². The van der Waals surface area contributed by atoms with Crippen LogP contribution in [0.2, 0.25) is 0 Å². The number of ether oxygens (including phenoxy) is 1. The third-order valence-electron chi connectivity index (χ3n) is 4.52. The molecular formula is C17H22N2O3. The summed E-state index contributed by atoms with van der Waals surface area (Å²) in [5.74, 6) is 0.634. The SMILES string of the molecule is CN1C[C@H](C(=O)N[C@@H]2CCC[C@H]2Oc2ccccc2)CC1=O. The lowest BCUT2D eigenvalue weighted by Crippen LogP contribution is -2.45. The molecule has 3 atom stereocenters. The molecule has 118 valence electrons. The van der Waals surface area contributed by atoms with Gasteiger partial charge < -0.3 is 15.0 Å². The topological polar surface area (TPSA) is 58.6 Å². The second-order valence-corrected chi connectivity index (χ2v) is 6.19. The van der Waals surface area contributed by atoms with Crippen LogP contribution in [0.25, 0.3) is 0 Å². The van der Waals surface area contributed by atoms with Crippen LogP contribution in [0.3, 0.4) is 0 Å². The van der Waals surface area contributed by atoms with Gasteiger partial charge in [0.15, 0.2) is 0 Å². The third kappa shape index (κ3) is 3.24. The molecule has 0 radical (unpaired) electrons. The Morgan fingerprint density at radius 3 is 2.73 bits per heavy atom. The first-order chi connectivity index (χ1) is 10.6. The van der Waals surface area contributed by atoms with Crippen LogP contribution in [0.5, 0.6) is 5.75 Å². The van der Waals surface area contributed by atoms with Gasteiger partial charge in [-0.25, -0.2) is 0 Å². The van der Waals surface area contributed by atoms with Gasteiger partial charge in [-0.1, -0.05) is 18.2 Å². The van der Waals surface area contributed by atoms with Crippen LogP contribution in [-0.2, 0) is 9.59 Å². The first-order valence-corrected chi connectivity index (χ1v) is 7.89. The fourth-order valence-electron chi connectivity index (χ4n) is 3.25. The normalized spacial score (nSPS) is 28.0. The standard InChI is InChI=1S/C17H22N2O3/c1-19-11-12(10-16(19)20)17(21)18-14-8-5-9-15(14)22-13-6-3-2-4-7-13/h2-4,6-7,12,14-15H,5,8-11H2,1H3,(H,18,21)/t12-,14-,15-/m1/s1. The van der Waals surface area contributed by atoms with Gasteiger partial charge in [-0.15, -0.1) is 0 Å². The van der Waals surface area contributed by atoms with E-state index in [0.29, 0.717) is 13.0 Å². The summed E-state index contributed by atoms with van der Waals surface area (Å²) in [5, 5.41) is 3.09. The van der Waals surface area contributed by atoms with Crippen molar-refractivity contribution in [3.63, 3.8) is 0 Å². The molecule has 1 aromatic carbocycles. The zero-order valence-corrected chi connectivity index (χ0v) is 12.8. The number of para-hydroxylation sites is 1. The lowest BCUT2D eigenvalue weighted by molar-refractivity contribution is -0.128. The average molecular weight is 302 g/mol. The van der Waals surface area contributed by atoms with Gasteiger partial charge in [0.1, 0.15) is 11.9 Å². The molecule has 1 N–H and O–H groups in total. The summed E-state index contributed by atoms with van der Waals surface area (Å²) in [6.45, 7) is 0.515. The number of carbonyl (C=O) groups is 2. The molecule has 1 aliphatic carbocycles. The fraction of sp³-hybridized carbons (Fsp3) is 0.529. The summed E-state index contributed by atoms with van der Waals surface area (Å²) in [6, 6.07) is 9.74. The Morgan fingerprint density at radius 1 is 1.27 bits per heavy atom. The number of hydrogen-bond donors (Lipinski definition) is 1. The van der Waals surface area contributed by atoms with Crippen molar-refractivity contribution >= 4 is 11.8 Å². The molecule has 1 saturated heterocycles. The largest absolute Gasteiger partial charge is 0.488 e. The molecule has 1 saturated carbocycles. The van der Waals surface area contributed by atoms with E-state index in [1.807, 2.05) is 30.3 Å². The number of rotatable bonds is 4. The van der Waals surface area contributed by atoms with Crippen molar-refractivity contribution in [2.75, 3.05) is 13.6 Å². The zero-order valence-electron chi connectivity index (χ0n) is 12.8. The molecule has 0 aromatic heterocycles. The van der Waals surface area contributed by atoms with Crippen LogP contribution in [0.15, 0.2) is 30.3 Å². The second-order valence-electron chi connectivity index (χ2n) is 6.19. The summed E-state index contributed by atoms with van der Waals surface area (Å²) in [5.41, 5.74) is 0. The van der Waals surface area contributed by atoms with Gasteiger partial charge in [-0.3, -0.25) is 9.59 Å². The molecular weight excluding hydrogens is 280 g/mol. The van der Waals surface area contributed by atoms with Crippen LogP contribution in [-0.4, -0.2) is 42.5 Å². The highest BCUT2D eigenvalue weighted by molar-refractivity contribution is 5.89. The number of carbonyl (C=O) groups excluding carboxylic acids is 2. The number of nitrogens with one attached hydrogen (secondary N) is 1. The predicted molar refractivity (Wildman–Crippen MR) is 82.4 cm³/mol. The number of nitrogens with zero attached hydrogens (tertiary/aromatic N) is 1. The van der Waals surface area contributed by atoms with Gasteiger partial charge in [0, 0.05) is 20.0 Å². The minimum atomic E-state index is -0.226. The quantitative estimate of drug-likeness (QED) is 0.918. The highest BCUT2D eigenvalue weighted by Gasteiger charge is 2.36. The van der Waals surface area contributed by atoms with Crippen LogP contribution >= 0.6 is 0 Å².